The molecule has 0 spiro atoms. The smallest absolute Gasteiger partial charge is 0.321 e. The number of hydrogen-bond donors (Lipinski definition) is 2. The van der Waals surface area contributed by atoms with Gasteiger partial charge in [-0.2, -0.15) is 0 Å². The highest BCUT2D eigenvalue weighted by Gasteiger charge is 2.32. The molecule has 4 nitrogen and oxygen atoms in total. The fourth-order valence-electron chi connectivity index (χ4n) is 2.30. The summed E-state index contributed by atoms with van der Waals surface area (Å²) in [6.07, 6.45) is 5.84. The first-order valence-electron chi connectivity index (χ1n) is 6.22. The lowest BCUT2D eigenvalue weighted by molar-refractivity contribution is -0.119. The first-order chi connectivity index (χ1) is 7.99. The topological polar surface area (TPSA) is 58.2 Å². The number of alkyl halides is 1. The molecule has 0 saturated heterocycles. The van der Waals surface area contributed by atoms with Gasteiger partial charge in [0.05, 0.1) is 0 Å². The van der Waals surface area contributed by atoms with Crippen LogP contribution in [0.2, 0.25) is 0 Å². The average molecular weight is 261 g/mol. The van der Waals surface area contributed by atoms with Crippen LogP contribution in [-0.4, -0.2) is 23.9 Å². The molecule has 0 bridgehead atoms. The normalized spacial score (nSPS) is 19.7. The zero-order valence-electron chi connectivity index (χ0n) is 10.5. The average Bonchev–Trinajstić information content (AvgIpc) is 2.75. The summed E-state index contributed by atoms with van der Waals surface area (Å²) in [5.41, 5.74) is 0.229. The predicted octanol–water partition coefficient (Wildman–Crippen LogP) is 2.41. The van der Waals surface area contributed by atoms with Gasteiger partial charge in [0, 0.05) is 6.54 Å². The molecule has 0 aromatic carbocycles. The third kappa shape index (κ3) is 4.19. The standard InChI is InChI=1S/C12H21ClN2O2/c1-3-12(6-4-5-7-12)8-14-11(17)15-10(16)9(2)13/h9H,3-8H2,1-2H3,(H2,14,15,16,17). The lowest BCUT2D eigenvalue weighted by Gasteiger charge is -2.27. The Hall–Kier alpha value is -0.770. The Labute approximate surface area is 107 Å². The van der Waals surface area contributed by atoms with Gasteiger partial charge in [0.25, 0.3) is 0 Å². The number of nitrogens with one attached hydrogen (secondary N) is 2. The molecule has 1 aliphatic rings. The first-order valence-corrected chi connectivity index (χ1v) is 6.65. The van der Waals surface area contributed by atoms with Gasteiger partial charge >= 0.3 is 6.03 Å². The SMILES string of the molecule is CCC1(CNC(=O)NC(=O)C(C)Cl)CCCC1. The molecule has 0 radical (unpaired) electrons. The molecule has 0 aliphatic heterocycles. The van der Waals surface area contributed by atoms with E-state index in [0.29, 0.717) is 6.54 Å². The molecule has 0 heterocycles. The van der Waals surface area contributed by atoms with Crippen LogP contribution in [-0.2, 0) is 4.79 Å². The van der Waals surface area contributed by atoms with Crippen LogP contribution in [0.3, 0.4) is 0 Å². The van der Waals surface area contributed by atoms with Gasteiger partial charge in [0.1, 0.15) is 5.38 Å². The highest BCUT2D eigenvalue weighted by atomic mass is 35.5. The molecule has 5 heteroatoms. The van der Waals surface area contributed by atoms with E-state index >= 15 is 0 Å². The van der Waals surface area contributed by atoms with Gasteiger partial charge in [-0.3, -0.25) is 10.1 Å². The van der Waals surface area contributed by atoms with Crippen molar-refractivity contribution in [3.8, 4) is 0 Å². The van der Waals surface area contributed by atoms with Gasteiger partial charge in [0.2, 0.25) is 5.91 Å². The molecule has 98 valence electrons. The van der Waals surface area contributed by atoms with Crippen molar-refractivity contribution >= 4 is 23.5 Å². The lowest BCUT2D eigenvalue weighted by Crippen LogP contribution is -2.45. The van der Waals surface area contributed by atoms with E-state index in [-0.39, 0.29) is 5.41 Å². The van der Waals surface area contributed by atoms with E-state index in [2.05, 4.69) is 17.6 Å². The second kappa shape index (κ2) is 6.24. The summed E-state index contributed by atoms with van der Waals surface area (Å²) in [7, 11) is 0. The van der Waals surface area contributed by atoms with Crippen molar-refractivity contribution in [2.75, 3.05) is 6.54 Å². The Balaban J connectivity index is 2.34. The van der Waals surface area contributed by atoms with E-state index in [1.54, 1.807) is 0 Å². The van der Waals surface area contributed by atoms with Crippen molar-refractivity contribution in [1.82, 2.24) is 10.6 Å². The maximum absolute atomic E-state index is 11.5. The number of urea groups is 1. The Kier molecular flexibility index (Phi) is 5.25. The molecular weight excluding hydrogens is 240 g/mol. The number of imide groups is 1. The van der Waals surface area contributed by atoms with E-state index in [0.717, 1.165) is 19.3 Å². The molecule has 0 aromatic rings. The quantitative estimate of drug-likeness (QED) is 0.763. The van der Waals surface area contributed by atoms with Crippen LogP contribution in [0.5, 0.6) is 0 Å². The lowest BCUT2D eigenvalue weighted by atomic mass is 9.83. The summed E-state index contributed by atoms with van der Waals surface area (Å²) < 4.78 is 0. The predicted molar refractivity (Wildman–Crippen MR) is 68.0 cm³/mol. The molecule has 0 aromatic heterocycles. The van der Waals surface area contributed by atoms with Crippen molar-refractivity contribution in [2.24, 2.45) is 5.41 Å². The van der Waals surface area contributed by atoms with Crippen LogP contribution >= 0.6 is 11.6 Å². The van der Waals surface area contributed by atoms with Crippen molar-refractivity contribution < 1.29 is 9.59 Å². The summed E-state index contributed by atoms with van der Waals surface area (Å²) in [5, 5.41) is 4.31. The Bertz CT molecular complexity index is 286. The third-order valence-electron chi connectivity index (χ3n) is 3.64. The van der Waals surface area contributed by atoms with Crippen LogP contribution in [0.15, 0.2) is 0 Å². The molecule has 2 N–H and O–H groups in total. The van der Waals surface area contributed by atoms with Crippen LogP contribution in [0.25, 0.3) is 0 Å². The summed E-state index contributed by atoms with van der Waals surface area (Å²) in [6, 6.07) is -0.442. The van der Waals surface area contributed by atoms with Gasteiger partial charge < -0.3 is 5.32 Å². The van der Waals surface area contributed by atoms with Crippen molar-refractivity contribution in [3.05, 3.63) is 0 Å². The Morgan fingerprint density at radius 2 is 1.94 bits per heavy atom. The monoisotopic (exact) mass is 260 g/mol. The van der Waals surface area contributed by atoms with Crippen molar-refractivity contribution in [2.45, 2.75) is 51.3 Å². The number of amides is 3. The number of rotatable bonds is 4. The highest BCUT2D eigenvalue weighted by Crippen LogP contribution is 2.40. The molecule has 1 fully saturated rings. The minimum atomic E-state index is -0.688. The van der Waals surface area contributed by atoms with E-state index in [1.807, 2.05) is 0 Å². The summed E-state index contributed by atoms with van der Waals surface area (Å²) in [4.78, 5) is 22.7. The number of hydrogen-bond acceptors (Lipinski definition) is 2. The Morgan fingerprint density at radius 3 is 2.41 bits per heavy atom. The summed E-state index contributed by atoms with van der Waals surface area (Å²) in [6.45, 7) is 4.32. The Morgan fingerprint density at radius 1 is 1.35 bits per heavy atom. The second-order valence-corrected chi connectivity index (χ2v) is 5.50. The largest absolute Gasteiger partial charge is 0.337 e. The van der Waals surface area contributed by atoms with Crippen LogP contribution in [0, 0.1) is 5.41 Å². The molecule has 1 aliphatic carbocycles. The molecule has 1 saturated carbocycles. The third-order valence-corrected chi connectivity index (χ3v) is 3.83. The van der Waals surface area contributed by atoms with E-state index in [4.69, 9.17) is 11.6 Å². The van der Waals surface area contributed by atoms with Gasteiger partial charge in [-0.15, -0.1) is 11.6 Å². The van der Waals surface area contributed by atoms with Gasteiger partial charge in [-0.25, -0.2) is 4.79 Å². The van der Waals surface area contributed by atoms with Crippen LogP contribution in [0.1, 0.15) is 46.0 Å². The minimum absolute atomic E-state index is 0.229. The first kappa shape index (κ1) is 14.3. The van der Waals surface area contributed by atoms with Gasteiger partial charge in [-0.05, 0) is 31.6 Å². The summed E-state index contributed by atoms with van der Waals surface area (Å²) >= 11 is 5.56. The minimum Gasteiger partial charge on any atom is -0.337 e. The molecule has 3 amide bonds. The van der Waals surface area contributed by atoms with Gasteiger partial charge in [0.15, 0.2) is 0 Å². The number of carbonyl (C=O) groups excluding carboxylic acids is 2. The second-order valence-electron chi connectivity index (χ2n) is 4.85. The zero-order valence-corrected chi connectivity index (χ0v) is 11.3. The molecule has 1 unspecified atom stereocenters. The van der Waals surface area contributed by atoms with Gasteiger partial charge in [-0.1, -0.05) is 19.8 Å². The zero-order chi connectivity index (χ0) is 12.9. The molecule has 1 rings (SSSR count). The fourth-order valence-corrected chi connectivity index (χ4v) is 2.36. The van der Waals surface area contributed by atoms with E-state index < -0.39 is 17.3 Å². The van der Waals surface area contributed by atoms with E-state index in [9.17, 15) is 9.59 Å². The van der Waals surface area contributed by atoms with Crippen LogP contribution < -0.4 is 10.6 Å². The molecule has 1 atom stereocenters. The maximum atomic E-state index is 11.5. The molecular formula is C12H21ClN2O2. The fraction of sp³-hybridized carbons (Fsp3) is 0.833. The van der Waals surface area contributed by atoms with Crippen LogP contribution in [0.4, 0.5) is 4.79 Å². The van der Waals surface area contributed by atoms with E-state index in [1.165, 1.54) is 19.8 Å². The maximum Gasteiger partial charge on any atom is 0.321 e. The summed E-state index contributed by atoms with van der Waals surface area (Å²) in [5.74, 6) is -0.457. The van der Waals surface area contributed by atoms with Crippen molar-refractivity contribution in [3.63, 3.8) is 0 Å². The highest BCUT2D eigenvalue weighted by molar-refractivity contribution is 6.31. The number of carbonyl (C=O) groups is 2. The van der Waals surface area contributed by atoms with Crippen molar-refractivity contribution in [1.29, 1.82) is 0 Å². The number of halogens is 1. The molecule has 17 heavy (non-hydrogen) atoms.